The van der Waals surface area contributed by atoms with E-state index in [0.717, 1.165) is 36.5 Å². The van der Waals surface area contributed by atoms with Crippen LogP contribution in [-0.2, 0) is 13.1 Å². The number of nitrogens with two attached hydrogens (primary N) is 1. The standard InChI is InChI=1S/C15H18BrN3O2S.2ClH/c16-14-2-1-13(22-14)9-18-3-5-19(6-4-18)15(20)11-7-12(8-17)21-10-11;;/h1-2,7,10H,3-6,8-9,17H2;2*1H. The van der Waals surface area contributed by atoms with E-state index in [-0.39, 0.29) is 30.7 Å². The second kappa shape index (κ2) is 9.79. The molecule has 1 amide bonds. The Morgan fingerprint density at radius 2 is 1.96 bits per heavy atom. The largest absolute Gasteiger partial charge is 0.467 e. The fraction of sp³-hybridized carbons (Fsp3) is 0.400. The zero-order valence-electron chi connectivity index (χ0n) is 12.9. The van der Waals surface area contributed by atoms with Crippen molar-refractivity contribution in [1.29, 1.82) is 0 Å². The van der Waals surface area contributed by atoms with Crippen molar-refractivity contribution in [3.63, 3.8) is 0 Å². The molecule has 24 heavy (non-hydrogen) atoms. The van der Waals surface area contributed by atoms with Crippen LogP contribution in [0.15, 0.2) is 32.7 Å². The van der Waals surface area contributed by atoms with Gasteiger partial charge in [0, 0.05) is 37.6 Å². The van der Waals surface area contributed by atoms with E-state index in [9.17, 15) is 4.79 Å². The third-order valence-electron chi connectivity index (χ3n) is 3.77. The van der Waals surface area contributed by atoms with Gasteiger partial charge < -0.3 is 15.1 Å². The summed E-state index contributed by atoms with van der Waals surface area (Å²) in [6, 6.07) is 5.96. The van der Waals surface area contributed by atoms with Crippen molar-refractivity contribution in [3.8, 4) is 0 Å². The molecule has 9 heteroatoms. The van der Waals surface area contributed by atoms with Gasteiger partial charge in [0.25, 0.3) is 5.91 Å². The Balaban J connectivity index is 0.00000144. The van der Waals surface area contributed by atoms with Gasteiger partial charge in [-0.25, -0.2) is 0 Å². The summed E-state index contributed by atoms with van der Waals surface area (Å²) < 4.78 is 6.40. The SMILES string of the molecule is Cl.Cl.NCc1cc(C(=O)N2CCN(Cc3ccc(Br)s3)CC2)co1. The summed E-state index contributed by atoms with van der Waals surface area (Å²) in [5.74, 6) is 0.673. The number of hydrogen-bond acceptors (Lipinski definition) is 5. The lowest BCUT2D eigenvalue weighted by atomic mass is 10.2. The number of thiophene rings is 1. The van der Waals surface area contributed by atoms with Crippen LogP contribution in [0.25, 0.3) is 0 Å². The maximum Gasteiger partial charge on any atom is 0.257 e. The molecule has 134 valence electrons. The molecule has 3 rings (SSSR count). The number of piperazine rings is 1. The molecule has 0 saturated carbocycles. The molecule has 2 aromatic rings. The first-order valence-corrected chi connectivity index (χ1v) is 8.80. The van der Waals surface area contributed by atoms with Crippen LogP contribution in [0, 0.1) is 0 Å². The fourth-order valence-corrected chi connectivity index (χ4v) is 4.07. The quantitative estimate of drug-likeness (QED) is 0.765. The molecular weight excluding hydrogens is 437 g/mol. The van der Waals surface area contributed by atoms with Crippen LogP contribution in [0.1, 0.15) is 21.0 Å². The highest BCUT2D eigenvalue weighted by Crippen LogP contribution is 2.23. The Kier molecular flexibility index (Phi) is 8.76. The van der Waals surface area contributed by atoms with E-state index < -0.39 is 0 Å². The topological polar surface area (TPSA) is 62.7 Å². The lowest BCUT2D eigenvalue weighted by molar-refractivity contribution is 0.0629. The van der Waals surface area contributed by atoms with Crippen molar-refractivity contribution in [2.75, 3.05) is 26.2 Å². The predicted molar refractivity (Wildman–Crippen MR) is 104 cm³/mol. The number of halogens is 3. The number of nitrogens with zero attached hydrogens (tertiary/aromatic N) is 2. The minimum atomic E-state index is 0. The molecule has 0 unspecified atom stereocenters. The van der Waals surface area contributed by atoms with Crippen LogP contribution in [0.4, 0.5) is 0 Å². The van der Waals surface area contributed by atoms with E-state index in [0.29, 0.717) is 17.9 Å². The highest BCUT2D eigenvalue weighted by atomic mass is 79.9. The lowest BCUT2D eigenvalue weighted by Gasteiger charge is -2.34. The third kappa shape index (κ3) is 5.21. The summed E-state index contributed by atoms with van der Waals surface area (Å²) in [6.07, 6.45) is 1.50. The van der Waals surface area contributed by atoms with Gasteiger partial charge in [-0.1, -0.05) is 0 Å². The Bertz CT molecular complexity index is 657. The summed E-state index contributed by atoms with van der Waals surface area (Å²) >= 11 is 5.25. The van der Waals surface area contributed by atoms with E-state index in [1.807, 2.05) is 4.90 Å². The molecule has 1 fully saturated rings. The number of carbonyl (C=O) groups is 1. The fourth-order valence-electron chi connectivity index (χ4n) is 2.55. The van der Waals surface area contributed by atoms with Gasteiger partial charge in [0.2, 0.25) is 0 Å². The molecule has 1 saturated heterocycles. The zero-order valence-corrected chi connectivity index (χ0v) is 17.0. The first kappa shape index (κ1) is 21.5. The second-order valence-corrected chi connectivity index (χ2v) is 7.83. The monoisotopic (exact) mass is 455 g/mol. The molecule has 1 aliphatic heterocycles. The van der Waals surface area contributed by atoms with Crippen LogP contribution in [0.2, 0.25) is 0 Å². The Morgan fingerprint density at radius 1 is 1.25 bits per heavy atom. The lowest BCUT2D eigenvalue weighted by Crippen LogP contribution is -2.48. The second-order valence-electron chi connectivity index (χ2n) is 5.28. The van der Waals surface area contributed by atoms with Crippen molar-refractivity contribution in [3.05, 3.63) is 44.4 Å². The van der Waals surface area contributed by atoms with Gasteiger partial charge in [0.05, 0.1) is 15.9 Å². The number of rotatable bonds is 4. The Morgan fingerprint density at radius 3 is 2.50 bits per heavy atom. The van der Waals surface area contributed by atoms with Gasteiger partial charge in [-0.2, -0.15) is 0 Å². The number of amides is 1. The number of furan rings is 1. The van der Waals surface area contributed by atoms with Gasteiger partial charge in [-0.05, 0) is 34.1 Å². The van der Waals surface area contributed by atoms with Gasteiger partial charge in [0.1, 0.15) is 12.0 Å². The molecule has 5 nitrogen and oxygen atoms in total. The Labute approximate surface area is 166 Å². The van der Waals surface area contributed by atoms with Crippen LogP contribution in [-0.4, -0.2) is 41.9 Å². The van der Waals surface area contributed by atoms with Crippen LogP contribution in [0.5, 0.6) is 0 Å². The van der Waals surface area contributed by atoms with E-state index in [4.69, 9.17) is 10.2 Å². The number of hydrogen-bond donors (Lipinski definition) is 1. The molecule has 2 aromatic heterocycles. The zero-order chi connectivity index (χ0) is 15.5. The van der Waals surface area contributed by atoms with Crippen molar-refractivity contribution >= 4 is 58.0 Å². The van der Waals surface area contributed by atoms with E-state index in [2.05, 4.69) is 33.0 Å². The first-order chi connectivity index (χ1) is 10.7. The third-order valence-corrected chi connectivity index (χ3v) is 5.38. The van der Waals surface area contributed by atoms with Crippen molar-refractivity contribution < 1.29 is 9.21 Å². The predicted octanol–water partition coefficient (Wildman–Crippen LogP) is 3.36. The van der Waals surface area contributed by atoms with Gasteiger partial charge in [-0.3, -0.25) is 9.69 Å². The molecule has 2 N–H and O–H groups in total. The summed E-state index contributed by atoms with van der Waals surface area (Å²) in [4.78, 5) is 18.0. The van der Waals surface area contributed by atoms with E-state index >= 15 is 0 Å². The molecule has 3 heterocycles. The van der Waals surface area contributed by atoms with Crippen LogP contribution < -0.4 is 5.73 Å². The number of carbonyl (C=O) groups excluding carboxylic acids is 1. The molecular formula is C15H20BrCl2N3O2S. The Hall–Kier alpha value is -0.570. The summed E-state index contributed by atoms with van der Waals surface area (Å²) in [6.45, 7) is 4.54. The van der Waals surface area contributed by atoms with Crippen molar-refractivity contribution in [1.82, 2.24) is 9.80 Å². The molecule has 0 bridgehead atoms. The molecule has 0 spiro atoms. The summed E-state index contributed by atoms with van der Waals surface area (Å²) in [5.41, 5.74) is 6.10. The van der Waals surface area contributed by atoms with Crippen molar-refractivity contribution in [2.45, 2.75) is 13.1 Å². The average molecular weight is 457 g/mol. The first-order valence-electron chi connectivity index (χ1n) is 7.19. The highest BCUT2D eigenvalue weighted by molar-refractivity contribution is 9.11. The molecule has 0 atom stereocenters. The smallest absolute Gasteiger partial charge is 0.257 e. The van der Waals surface area contributed by atoms with Crippen LogP contribution >= 0.6 is 52.1 Å². The molecule has 0 aromatic carbocycles. The van der Waals surface area contributed by atoms with Gasteiger partial charge in [-0.15, -0.1) is 36.2 Å². The minimum Gasteiger partial charge on any atom is -0.467 e. The van der Waals surface area contributed by atoms with E-state index in [1.54, 1.807) is 17.4 Å². The molecule has 1 aliphatic rings. The van der Waals surface area contributed by atoms with Gasteiger partial charge in [0.15, 0.2) is 0 Å². The maximum absolute atomic E-state index is 12.4. The average Bonchev–Trinajstić information content (AvgIpc) is 3.16. The normalized spacial score (nSPS) is 14.8. The molecule has 0 aliphatic carbocycles. The highest BCUT2D eigenvalue weighted by Gasteiger charge is 2.23. The van der Waals surface area contributed by atoms with Crippen LogP contribution in [0.3, 0.4) is 0 Å². The van der Waals surface area contributed by atoms with Crippen molar-refractivity contribution in [2.24, 2.45) is 5.73 Å². The summed E-state index contributed by atoms with van der Waals surface area (Å²) in [7, 11) is 0. The minimum absolute atomic E-state index is 0. The molecule has 0 radical (unpaired) electrons. The summed E-state index contributed by atoms with van der Waals surface area (Å²) in [5, 5.41) is 0. The van der Waals surface area contributed by atoms with Gasteiger partial charge >= 0.3 is 0 Å². The van der Waals surface area contributed by atoms with E-state index in [1.165, 1.54) is 11.1 Å². The maximum atomic E-state index is 12.4.